The molecule has 24 heavy (non-hydrogen) atoms. The van der Waals surface area contributed by atoms with E-state index in [0.29, 0.717) is 0 Å². The van der Waals surface area contributed by atoms with Crippen LogP contribution in [0.3, 0.4) is 0 Å². The van der Waals surface area contributed by atoms with Crippen molar-refractivity contribution in [2.24, 2.45) is 5.10 Å². The highest BCUT2D eigenvalue weighted by molar-refractivity contribution is 9.11. The van der Waals surface area contributed by atoms with Crippen molar-refractivity contribution in [1.29, 1.82) is 0 Å². The first-order valence-electron chi connectivity index (χ1n) is 7.24. The van der Waals surface area contributed by atoms with E-state index in [4.69, 9.17) is 0 Å². The van der Waals surface area contributed by atoms with E-state index in [1.54, 1.807) is 6.21 Å². The van der Waals surface area contributed by atoms with E-state index in [-0.39, 0.29) is 12.5 Å². The highest BCUT2D eigenvalue weighted by Crippen LogP contribution is 2.25. The number of rotatable bonds is 6. The van der Waals surface area contributed by atoms with Gasteiger partial charge < -0.3 is 10.2 Å². The molecule has 5 nitrogen and oxygen atoms in total. The number of carbonyl (C=O) groups excluding carboxylic acids is 1. The molecule has 0 aliphatic heterocycles. The quantitative estimate of drug-likeness (QED) is 0.516. The van der Waals surface area contributed by atoms with Crippen LogP contribution in [0.25, 0.3) is 0 Å². The second-order valence-corrected chi connectivity index (χ2v) is 7.03. The lowest BCUT2D eigenvalue weighted by Crippen LogP contribution is -2.26. The van der Waals surface area contributed by atoms with Crippen LogP contribution in [-0.4, -0.2) is 32.8 Å². The first-order chi connectivity index (χ1) is 11.5. The maximum atomic E-state index is 11.8. The molecule has 7 heteroatoms. The van der Waals surface area contributed by atoms with Crippen molar-refractivity contribution >= 4 is 55.4 Å². The van der Waals surface area contributed by atoms with Crippen LogP contribution in [0, 0.1) is 0 Å². The summed E-state index contributed by atoms with van der Waals surface area (Å²) in [5.74, 6) is -0.217. The second kappa shape index (κ2) is 8.84. The fraction of sp³-hybridized carbons (Fsp3) is 0.176. The summed E-state index contributed by atoms with van der Waals surface area (Å²) in [5.41, 5.74) is 5.38. The summed E-state index contributed by atoms with van der Waals surface area (Å²) < 4.78 is 1.85. The Hall–Kier alpha value is -1.86. The summed E-state index contributed by atoms with van der Waals surface area (Å²) in [5, 5.41) is 7.02. The zero-order valence-corrected chi connectivity index (χ0v) is 16.6. The summed E-state index contributed by atoms with van der Waals surface area (Å²) in [4.78, 5) is 13.8. The minimum Gasteiger partial charge on any atom is -0.378 e. The van der Waals surface area contributed by atoms with E-state index in [1.807, 2.05) is 61.5 Å². The Morgan fingerprint density at radius 1 is 1.17 bits per heavy atom. The van der Waals surface area contributed by atoms with Gasteiger partial charge >= 0.3 is 0 Å². The average Bonchev–Trinajstić information content (AvgIpc) is 2.54. The number of hydrogen-bond acceptors (Lipinski definition) is 4. The van der Waals surface area contributed by atoms with E-state index >= 15 is 0 Å². The molecule has 0 aromatic heterocycles. The molecule has 0 radical (unpaired) electrons. The summed E-state index contributed by atoms with van der Waals surface area (Å²) in [6, 6.07) is 13.6. The topological polar surface area (TPSA) is 56.7 Å². The van der Waals surface area contributed by atoms with Gasteiger partial charge in [-0.15, -0.1) is 0 Å². The molecular weight excluding hydrogens is 436 g/mol. The third-order valence-corrected chi connectivity index (χ3v) is 4.33. The van der Waals surface area contributed by atoms with Crippen LogP contribution >= 0.6 is 31.9 Å². The molecule has 0 saturated heterocycles. The normalized spacial score (nSPS) is 10.7. The maximum Gasteiger partial charge on any atom is 0.259 e. The lowest BCUT2D eigenvalue weighted by molar-refractivity contribution is -0.119. The summed E-state index contributed by atoms with van der Waals surface area (Å²) in [6.07, 6.45) is 1.62. The first-order valence-corrected chi connectivity index (χ1v) is 8.82. The van der Waals surface area contributed by atoms with Crippen molar-refractivity contribution < 1.29 is 4.79 Å². The second-order valence-electron chi connectivity index (χ2n) is 5.26. The molecule has 0 unspecified atom stereocenters. The van der Waals surface area contributed by atoms with Crippen molar-refractivity contribution in [3.63, 3.8) is 0 Å². The van der Waals surface area contributed by atoms with Gasteiger partial charge in [0.2, 0.25) is 0 Å². The SMILES string of the molecule is CN(C)c1ccc(/C=N\NC(=O)CNc2ccc(Br)cc2Br)cc1. The molecule has 0 bridgehead atoms. The number of halogens is 2. The number of amides is 1. The molecule has 1 amide bonds. The summed E-state index contributed by atoms with van der Waals surface area (Å²) in [6.45, 7) is 0.136. The van der Waals surface area contributed by atoms with Gasteiger partial charge in [0.15, 0.2) is 0 Å². The smallest absolute Gasteiger partial charge is 0.259 e. The Morgan fingerprint density at radius 3 is 2.50 bits per heavy atom. The molecule has 0 saturated carbocycles. The van der Waals surface area contributed by atoms with E-state index in [1.165, 1.54) is 0 Å². The van der Waals surface area contributed by atoms with E-state index in [9.17, 15) is 4.79 Å². The Kier molecular flexibility index (Phi) is 6.81. The van der Waals surface area contributed by atoms with Crippen LogP contribution in [0.2, 0.25) is 0 Å². The van der Waals surface area contributed by atoms with Gasteiger partial charge in [-0.25, -0.2) is 5.43 Å². The Labute approximate surface area is 158 Å². The average molecular weight is 454 g/mol. The van der Waals surface area contributed by atoms with Gasteiger partial charge in [0.05, 0.1) is 12.8 Å². The summed E-state index contributed by atoms with van der Waals surface area (Å²) >= 11 is 6.83. The number of hydrazone groups is 1. The molecule has 0 aliphatic carbocycles. The fourth-order valence-corrected chi connectivity index (χ4v) is 3.07. The van der Waals surface area contributed by atoms with Gasteiger partial charge in [0, 0.05) is 34.4 Å². The molecule has 0 fully saturated rings. The van der Waals surface area contributed by atoms with Crippen LogP contribution in [0.1, 0.15) is 5.56 Å². The van der Waals surface area contributed by atoms with Gasteiger partial charge in [-0.05, 0) is 51.8 Å². The molecule has 0 heterocycles. The van der Waals surface area contributed by atoms with Crippen molar-refractivity contribution in [2.75, 3.05) is 30.9 Å². The van der Waals surface area contributed by atoms with Crippen molar-refractivity contribution in [1.82, 2.24) is 5.43 Å². The Bertz CT molecular complexity index is 730. The Balaban J connectivity index is 1.82. The number of nitrogens with zero attached hydrogens (tertiary/aromatic N) is 2. The lowest BCUT2D eigenvalue weighted by atomic mass is 10.2. The highest BCUT2D eigenvalue weighted by Gasteiger charge is 2.03. The standard InChI is InChI=1S/C17H18Br2N4O/c1-23(2)14-6-3-12(4-7-14)10-21-22-17(24)11-20-16-8-5-13(18)9-15(16)19/h3-10,20H,11H2,1-2H3,(H,22,24)/b21-10-. The predicted octanol–water partition coefficient (Wildman–Crippen LogP) is 3.84. The molecule has 126 valence electrons. The maximum absolute atomic E-state index is 11.8. The molecule has 2 rings (SSSR count). The summed E-state index contributed by atoms with van der Waals surface area (Å²) in [7, 11) is 3.97. The van der Waals surface area contributed by atoms with Gasteiger partial charge in [-0.2, -0.15) is 5.10 Å². The van der Waals surface area contributed by atoms with Gasteiger partial charge in [-0.3, -0.25) is 4.79 Å². The van der Waals surface area contributed by atoms with Crippen LogP contribution in [0.15, 0.2) is 56.5 Å². The molecule has 2 aromatic rings. The van der Waals surface area contributed by atoms with Gasteiger partial charge in [-0.1, -0.05) is 28.1 Å². The van der Waals surface area contributed by atoms with Crippen LogP contribution in [0.5, 0.6) is 0 Å². The third kappa shape index (κ3) is 5.65. The van der Waals surface area contributed by atoms with E-state index < -0.39 is 0 Å². The van der Waals surface area contributed by atoms with E-state index in [0.717, 1.165) is 25.9 Å². The van der Waals surface area contributed by atoms with Crippen LogP contribution in [0.4, 0.5) is 11.4 Å². The zero-order chi connectivity index (χ0) is 17.5. The largest absolute Gasteiger partial charge is 0.378 e. The van der Waals surface area contributed by atoms with Crippen molar-refractivity contribution in [3.8, 4) is 0 Å². The molecule has 2 N–H and O–H groups in total. The molecule has 2 aromatic carbocycles. The highest BCUT2D eigenvalue weighted by atomic mass is 79.9. The lowest BCUT2D eigenvalue weighted by Gasteiger charge is -2.11. The number of benzene rings is 2. The van der Waals surface area contributed by atoms with Crippen LogP contribution in [-0.2, 0) is 4.79 Å². The number of anilines is 2. The third-order valence-electron chi connectivity index (χ3n) is 3.18. The number of hydrogen-bond donors (Lipinski definition) is 2. The van der Waals surface area contributed by atoms with Gasteiger partial charge in [0.1, 0.15) is 0 Å². The molecule has 0 spiro atoms. The minimum absolute atomic E-state index is 0.136. The Morgan fingerprint density at radius 2 is 1.88 bits per heavy atom. The minimum atomic E-state index is -0.217. The fourth-order valence-electron chi connectivity index (χ4n) is 1.89. The number of carbonyl (C=O) groups is 1. The monoisotopic (exact) mass is 452 g/mol. The predicted molar refractivity (Wildman–Crippen MR) is 107 cm³/mol. The first kappa shape index (κ1) is 18.5. The van der Waals surface area contributed by atoms with E-state index in [2.05, 4.69) is 47.7 Å². The van der Waals surface area contributed by atoms with Crippen molar-refractivity contribution in [3.05, 3.63) is 57.0 Å². The number of nitrogens with one attached hydrogen (secondary N) is 2. The van der Waals surface area contributed by atoms with Gasteiger partial charge in [0.25, 0.3) is 5.91 Å². The van der Waals surface area contributed by atoms with Crippen LogP contribution < -0.4 is 15.6 Å². The van der Waals surface area contributed by atoms with Crippen molar-refractivity contribution in [2.45, 2.75) is 0 Å². The molecular formula is C17H18Br2N4O. The zero-order valence-electron chi connectivity index (χ0n) is 13.4. The molecule has 0 aliphatic rings. The molecule has 0 atom stereocenters.